The third-order valence-corrected chi connectivity index (χ3v) is 3.08. The van der Waals surface area contributed by atoms with E-state index in [0.717, 1.165) is 6.07 Å². The smallest absolute Gasteiger partial charge is 0.422 e. The second-order valence-electron chi connectivity index (χ2n) is 4.97. The van der Waals surface area contributed by atoms with E-state index in [2.05, 4.69) is 9.97 Å². The molecule has 0 radical (unpaired) electrons. The van der Waals surface area contributed by atoms with Crippen LogP contribution in [0.4, 0.5) is 26.3 Å². The van der Waals surface area contributed by atoms with Gasteiger partial charge in [-0.3, -0.25) is 0 Å². The Kier molecular flexibility index (Phi) is 4.05. The number of oxazole rings is 1. The Morgan fingerprint density at radius 2 is 1.76 bits per heavy atom. The molecule has 3 rings (SSSR count). The molecule has 2 heterocycles. The zero-order valence-electron chi connectivity index (χ0n) is 12.1. The molecule has 0 unspecified atom stereocenters. The highest BCUT2D eigenvalue weighted by atomic mass is 19.4. The van der Waals surface area contributed by atoms with E-state index in [-0.39, 0.29) is 28.4 Å². The molecule has 10 heteroatoms. The number of alkyl halides is 6. The van der Waals surface area contributed by atoms with Crippen LogP contribution in [0.25, 0.3) is 22.7 Å². The highest BCUT2D eigenvalue weighted by Crippen LogP contribution is 2.34. The van der Waals surface area contributed by atoms with E-state index in [0.29, 0.717) is 6.20 Å². The second-order valence-corrected chi connectivity index (χ2v) is 4.97. The van der Waals surface area contributed by atoms with E-state index in [1.54, 1.807) is 0 Å². The first-order valence-corrected chi connectivity index (χ1v) is 6.76. The maximum absolute atomic E-state index is 12.7. The molecule has 0 aliphatic rings. The van der Waals surface area contributed by atoms with Gasteiger partial charge in [-0.2, -0.15) is 26.3 Å². The zero-order chi connectivity index (χ0) is 18.2. The van der Waals surface area contributed by atoms with E-state index in [4.69, 9.17) is 9.15 Å². The van der Waals surface area contributed by atoms with Crippen molar-refractivity contribution in [3.63, 3.8) is 0 Å². The Bertz CT molecular complexity index is 901. The molecule has 0 saturated carbocycles. The van der Waals surface area contributed by atoms with Crippen molar-refractivity contribution in [1.29, 1.82) is 0 Å². The van der Waals surface area contributed by atoms with Crippen molar-refractivity contribution in [3.05, 3.63) is 42.1 Å². The van der Waals surface area contributed by atoms with Gasteiger partial charge in [0.05, 0.1) is 11.1 Å². The van der Waals surface area contributed by atoms with Crippen molar-refractivity contribution in [1.82, 2.24) is 9.97 Å². The van der Waals surface area contributed by atoms with Gasteiger partial charge < -0.3 is 9.15 Å². The molecule has 0 spiro atoms. The molecular formula is C15H8F6N2O2. The number of rotatable bonds is 3. The SMILES string of the molecule is FC(F)(F)COc1ccccc1-c1nc2cc(C(F)(F)F)cnc2o1. The molecule has 0 fully saturated rings. The summed E-state index contributed by atoms with van der Waals surface area (Å²) in [4.78, 5) is 7.41. The molecule has 0 amide bonds. The van der Waals surface area contributed by atoms with E-state index < -0.39 is 24.5 Å². The van der Waals surface area contributed by atoms with Crippen molar-refractivity contribution in [2.75, 3.05) is 6.61 Å². The monoisotopic (exact) mass is 362 g/mol. The molecule has 4 nitrogen and oxygen atoms in total. The normalized spacial score (nSPS) is 12.6. The summed E-state index contributed by atoms with van der Waals surface area (Å²) in [5.74, 6) is -0.359. The molecule has 1 aromatic carbocycles. The van der Waals surface area contributed by atoms with Gasteiger partial charge in [-0.25, -0.2) is 9.97 Å². The average molecular weight is 362 g/mol. The lowest BCUT2D eigenvalue weighted by Crippen LogP contribution is -2.19. The van der Waals surface area contributed by atoms with Gasteiger partial charge in [-0.05, 0) is 18.2 Å². The molecule has 25 heavy (non-hydrogen) atoms. The Hall–Kier alpha value is -2.78. The van der Waals surface area contributed by atoms with Crippen molar-refractivity contribution in [2.45, 2.75) is 12.4 Å². The van der Waals surface area contributed by atoms with Crippen LogP contribution in [-0.4, -0.2) is 22.8 Å². The number of fused-ring (bicyclic) bond motifs is 1. The van der Waals surface area contributed by atoms with Crippen LogP contribution in [0.2, 0.25) is 0 Å². The number of nitrogens with zero attached hydrogens (tertiary/aromatic N) is 2. The standard InChI is InChI=1S/C15H8F6N2O2/c16-14(17,18)7-24-11-4-2-1-3-9(11)12-23-10-5-8(15(19,20)21)6-22-13(10)25-12/h1-6H,7H2. The molecule has 0 saturated heterocycles. The maximum atomic E-state index is 12.7. The summed E-state index contributed by atoms with van der Waals surface area (Å²) in [5, 5.41) is 0. The van der Waals surface area contributed by atoms with Crippen LogP contribution in [0.5, 0.6) is 5.75 Å². The fourth-order valence-corrected chi connectivity index (χ4v) is 2.02. The summed E-state index contributed by atoms with van der Waals surface area (Å²) in [6.07, 6.45) is -8.56. The van der Waals surface area contributed by atoms with Crippen molar-refractivity contribution < 1.29 is 35.5 Å². The Morgan fingerprint density at radius 3 is 2.44 bits per heavy atom. The molecule has 3 aromatic rings. The first-order chi connectivity index (χ1) is 11.6. The van der Waals surface area contributed by atoms with Gasteiger partial charge in [0.25, 0.3) is 0 Å². The third-order valence-electron chi connectivity index (χ3n) is 3.08. The summed E-state index contributed by atoms with van der Waals surface area (Å²) in [5.41, 5.74) is -1.29. The lowest BCUT2D eigenvalue weighted by atomic mass is 10.2. The molecule has 132 valence electrons. The summed E-state index contributed by atoms with van der Waals surface area (Å²) in [6.45, 7) is -1.53. The minimum atomic E-state index is -4.60. The van der Waals surface area contributed by atoms with Gasteiger partial charge in [-0.1, -0.05) is 12.1 Å². The number of pyridine rings is 1. The third kappa shape index (κ3) is 3.83. The summed E-state index contributed by atoms with van der Waals surface area (Å²) in [7, 11) is 0. The number of para-hydroxylation sites is 1. The molecule has 0 aliphatic heterocycles. The lowest BCUT2D eigenvalue weighted by molar-refractivity contribution is -0.153. The molecule has 0 aliphatic carbocycles. The Labute approximate surface area is 136 Å². The van der Waals surface area contributed by atoms with E-state index in [1.807, 2.05) is 0 Å². The molecule has 0 N–H and O–H groups in total. The number of hydrogen-bond acceptors (Lipinski definition) is 4. The highest BCUT2D eigenvalue weighted by molar-refractivity contribution is 5.75. The van der Waals surface area contributed by atoms with Gasteiger partial charge in [0, 0.05) is 6.20 Å². The van der Waals surface area contributed by atoms with Gasteiger partial charge in [0.1, 0.15) is 11.3 Å². The number of hydrogen-bond donors (Lipinski definition) is 0. The Morgan fingerprint density at radius 1 is 1.04 bits per heavy atom. The largest absolute Gasteiger partial charge is 0.483 e. The summed E-state index contributed by atoms with van der Waals surface area (Å²) >= 11 is 0. The van der Waals surface area contributed by atoms with Crippen LogP contribution >= 0.6 is 0 Å². The van der Waals surface area contributed by atoms with E-state index in [9.17, 15) is 26.3 Å². The van der Waals surface area contributed by atoms with Gasteiger partial charge in [0.15, 0.2) is 6.61 Å². The second kappa shape index (κ2) is 5.94. The summed E-state index contributed by atoms with van der Waals surface area (Å²) in [6, 6.07) is 6.33. The van der Waals surface area contributed by atoms with Crippen LogP contribution in [0.1, 0.15) is 5.56 Å². The predicted molar refractivity (Wildman–Crippen MR) is 73.8 cm³/mol. The molecule has 2 aromatic heterocycles. The minimum Gasteiger partial charge on any atom is -0.483 e. The average Bonchev–Trinajstić information content (AvgIpc) is 2.94. The number of ether oxygens (including phenoxy) is 1. The van der Waals surface area contributed by atoms with Crippen LogP contribution in [0.15, 0.2) is 40.9 Å². The Balaban J connectivity index is 1.99. The zero-order valence-corrected chi connectivity index (χ0v) is 12.1. The first-order valence-electron chi connectivity index (χ1n) is 6.76. The quantitative estimate of drug-likeness (QED) is 0.625. The molecule has 0 bridgehead atoms. The van der Waals surface area contributed by atoms with Gasteiger partial charge in [0.2, 0.25) is 11.6 Å². The fourth-order valence-electron chi connectivity index (χ4n) is 2.02. The predicted octanol–water partition coefficient (Wildman–Crippen LogP) is 4.85. The first kappa shape index (κ1) is 17.1. The van der Waals surface area contributed by atoms with Crippen LogP contribution in [0, 0.1) is 0 Å². The van der Waals surface area contributed by atoms with Crippen LogP contribution in [-0.2, 0) is 6.18 Å². The number of benzene rings is 1. The van der Waals surface area contributed by atoms with Crippen LogP contribution < -0.4 is 4.74 Å². The maximum Gasteiger partial charge on any atom is 0.422 e. The van der Waals surface area contributed by atoms with Crippen molar-refractivity contribution in [2.24, 2.45) is 0 Å². The van der Waals surface area contributed by atoms with Crippen molar-refractivity contribution >= 4 is 11.2 Å². The highest BCUT2D eigenvalue weighted by Gasteiger charge is 2.32. The van der Waals surface area contributed by atoms with E-state index >= 15 is 0 Å². The summed E-state index contributed by atoms with van der Waals surface area (Å²) < 4.78 is 85.0. The number of halogens is 6. The topological polar surface area (TPSA) is 48.2 Å². The van der Waals surface area contributed by atoms with Crippen LogP contribution in [0.3, 0.4) is 0 Å². The van der Waals surface area contributed by atoms with Gasteiger partial charge in [-0.15, -0.1) is 0 Å². The molecular weight excluding hydrogens is 354 g/mol. The van der Waals surface area contributed by atoms with Crippen molar-refractivity contribution in [3.8, 4) is 17.2 Å². The lowest BCUT2D eigenvalue weighted by Gasteiger charge is -2.11. The molecule has 0 atom stereocenters. The number of aromatic nitrogens is 2. The van der Waals surface area contributed by atoms with Gasteiger partial charge >= 0.3 is 12.4 Å². The van der Waals surface area contributed by atoms with E-state index in [1.165, 1.54) is 24.3 Å². The fraction of sp³-hybridized carbons (Fsp3) is 0.200. The minimum absolute atomic E-state index is 0.0679.